The van der Waals surface area contributed by atoms with Gasteiger partial charge in [-0.1, -0.05) is 11.8 Å². The number of nitrogens with one attached hydrogen (secondary N) is 1. The summed E-state index contributed by atoms with van der Waals surface area (Å²) in [5.41, 5.74) is 1.89. The maximum atomic E-state index is 11.9. The number of nitrogens with zero attached hydrogens (tertiary/aromatic N) is 4. The molecule has 0 radical (unpaired) electrons. The third-order valence-electron chi connectivity index (χ3n) is 2.94. The van der Waals surface area contributed by atoms with Crippen molar-refractivity contribution in [1.82, 2.24) is 15.2 Å². The first-order valence-corrected chi connectivity index (χ1v) is 7.90. The standard InChI is InChI=1S/C16H11N5O2S/c17-8-11-3-5-13(6-4-11)19-14(22)10-24-16-21-20-15(23-16)12-2-1-7-18-9-12/h1-7,9H,10H2,(H,19,22). The van der Waals surface area contributed by atoms with Crippen LogP contribution in [0.2, 0.25) is 0 Å². The highest BCUT2D eigenvalue weighted by molar-refractivity contribution is 7.99. The molecule has 118 valence electrons. The van der Waals surface area contributed by atoms with Gasteiger partial charge in [0.1, 0.15) is 0 Å². The number of thioether (sulfide) groups is 1. The number of amides is 1. The summed E-state index contributed by atoms with van der Waals surface area (Å²) in [6, 6.07) is 12.2. The van der Waals surface area contributed by atoms with E-state index in [0.717, 1.165) is 17.3 Å². The number of hydrogen-bond donors (Lipinski definition) is 1. The molecule has 3 rings (SSSR count). The van der Waals surface area contributed by atoms with Gasteiger partial charge in [-0.15, -0.1) is 10.2 Å². The van der Waals surface area contributed by atoms with Crippen LogP contribution in [0.25, 0.3) is 11.5 Å². The maximum absolute atomic E-state index is 11.9. The zero-order valence-corrected chi connectivity index (χ0v) is 13.2. The lowest BCUT2D eigenvalue weighted by molar-refractivity contribution is -0.113. The molecule has 0 atom stereocenters. The number of carbonyl (C=O) groups is 1. The Labute approximate surface area is 141 Å². The van der Waals surface area contributed by atoms with Crippen molar-refractivity contribution in [2.24, 2.45) is 0 Å². The molecule has 0 aliphatic carbocycles. The fraction of sp³-hybridized carbons (Fsp3) is 0.0625. The molecule has 0 aliphatic rings. The van der Waals surface area contributed by atoms with Gasteiger partial charge >= 0.3 is 0 Å². The lowest BCUT2D eigenvalue weighted by Gasteiger charge is -2.03. The van der Waals surface area contributed by atoms with E-state index < -0.39 is 0 Å². The Balaban J connectivity index is 1.55. The average molecular weight is 337 g/mol. The molecular weight excluding hydrogens is 326 g/mol. The van der Waals surface area contributed by atoms with Crippen LogP contribution in [0, 0.1) is 11.3 Å². The molecule has 8 heteroatoms. The summed E-state index contributed by atoms with van der Waals surface area (Å²) in [6.07, 6.45) is 3.28. The Hall–Kier alpha value is -3.18. The first kappa shape index (κ1) is 15.7. The van der Waals surface area contributed by atoms with Gasteiger partial charge in [0.15, 0.2) is 0 Å². The Morgan fingerprint density at radius 3 is 2.79 bits per heavy atom. The Kier molecular flexibility index (Phi) is 4.84. The number of carbonyl (C=O) groups excluding carboxylic acids is 1. The van der Waals surface area contributed by atoms with Crippen LogP contribution in [-0.4, -0.2) is 26.8 Å². The SMILES string of the molecule is N#Cc1ccc(NC(=O)CSc2nnc(-c3cccnc3)o2)cc1. The smallest absolute Gasteiger partial charge is 0.277 e. The first-order valence-electron chi connectivity index (χ1n) is 6.91. The molecule has 1 aromatic carbocycles. The summed E-state index contributed by atoms with van der Waals surface area (Å²) < 4.78 is 5.49. The highest BCUT2D eigenvalue weighted by Gasteiger charge is 2.11. The van der Waals surface area contributed by atoms with Gasteiger partial charge in [0.25, 0.3) is 5.22 Å². The second-order valence-corrected chi connectivity index (χ2v) is 5.57. The molecule has 3 aromatic rings. The third-order valence-corrected chi connectivity index (χ3v) is 3.76. The highest BCUT2D eigenvalue weighted by atomic mass is 32.2. The predicted octanol–water partition coefficient (Wildman–Crippen LogP) is 2.73. The normalized spacial score (nSPS) is 10.1. The second kappa shape index (κ2) is 7.39. The minimum atomic E-state index is -0.203. The maximum Gasteiger partial charge on any atom is 0.277 e. The topological polar surface area (TPSA) is 105 Å². The van der Waals surface area contributed by atoms with Crippen molar-refractivity contribution in [3.8, 4) is 17.5 Å². The molecular formula is C16H11N5O2S. The van der Waals surface area contributed by atoms with Crippen molar-refractivity contribution >= 4 is 23.4 Å². The van der Waals surface area contributed by atoms with E-state index in [1.54, 1.807) is 42.7 Å². The van der Waals surface area contributed by atoms with Gasteiger partial charge in [-0.3, -0.25) is 9.78 Å². The van der Waals surface area contributed by atoms with Gasteiger partial charge in [0.2, 0.25) is 11.8 Å². The van der Waals surface area contributed by atoms with Crippen LogP contribution in [0.4, 0.5) is 5.69 Å². The summed E-state index contributed by atoms with van der Waals surface area (Å²) in [7, 11) is 0. The molecule has 0 saturated carbocycles. The van der Waals surface area contributed by atoms with E-state index >= 15 is 0 Å². The van der Waals surface area contributed by atoms with E-state index in [1.807, 2.05) is 12.1 Å². The van der Waals surface area contributed by atoms with Crippen LogP contribution < -0.4 is 5.32 Å². The van der Waals surface area contributed by atoms with E-state index in [-0.39, 0.29) is 11.7 Å². The van der Waals surface area contributed by atoms with Crippen LogP contribution >= 0.6 is 11.8 Å². The Bertz CT molecular complexity index is 871. The number of pyridine rings is 1. The lowest BCUT2D eigenvalue weighted by atomic mass is 10.2. The molecule has 0 unspecified atom stereocenters. The van der Waals surface area contributed by atoms with Crippen LogP contribution in [-0.2, 0) is 4.79 Å². The summed E-state index contributed by atoms with van der Waals surface area (Å²) in [5, 5.41) is 19.6. The zero-order chi connectivity index (χ0) is 16.8. The molecule has 0 saturated heterocycles. The predicted molar refractivity (Wildman–Crippen MR) is 88.0 cm³/mol. The number of rotatable bonds is 5. The number of aromatic nitrogens is 3. The van der Waals surface area contributed by atoms with E-state index in [0.29, 0.717) is 22.4 Å². The molecule has 2 heterocycles. The molecule has 0 spiro atoms. The summed E-state index contributed by atoms with van der Waals surface area (Å²) in [4.78, 5) is 15.9. The van der Waals surface area contributed by atoms with E-state index in [9.17, 15) is 4.79 Å². The molecule has 7 nitrogen and oxygen atoms in total. The van der Waals surface area contributed by atoms with Gasteiger partial charge in [0.05, 0.1) is 22.9 Å². The van der Waals surface area contributed by atoms with Gasteiger partial charge in [-0.25, -0.2) is 0 Å². The van der Waals surface area contributed by atoms with Crippen LogP contribution in [0.1, 0.15) is 5.56 Å². The highest BCUT2D eigenvalue weighted by Crippen LogP contribution is 2.22. The summed E-state index contributed by atoms with van der Waals surface area (Å²) in [5.74, 6) is 0.290. The average Bonchev–Trinajstić information content (AvgIpc) is 3.10. The zero-order valence-electron chi connectivity index (χ0n) is 12.3. The summed E-state index contributed by atoms with van der Waals surface area (Å²) >= 11 is 1.15. The van der Waals surface area contributed by atoms with Crippen molar-refractivity contribution in [2.45, 2.75) is 5.22 Å². The minimum Gasteiger partial charge on any atom is -0.411 e. The number of anilines is 1. The monoisotopic (exact) mass is 337 g/mol. The quantitative estimate of drug-likeness (QED) is 0.714. The fourth-order valence-electron chi connectivity index (χ4n) is 1.83. The van der Waals surface area contributed by atoms with Crippen molar-refractivity contribution < 1.29 is 9.21 Å². The van der Waals surface area contributed by atoms with Gasteiger partial charge < -0.3 is 9.73 Å². The van der Waals surface area contributed by atoms with E-state index in [1.165, 1.54) is 0 Å². The molecule has 1 N–H and O–H groups in total. The van der Waals surface area contributed by atoms with Gasteiger partial charge in [0, 0.05) is 18.1 Å². The second-order valence-electron chi connectivity index (χ2n) is 4.64. The molecule has 0 bridgehead atoms. The van der Waals surface area contributed by atoms with E-state index in [2.05, 4.69) is 20.5 Å². The van der Waals surface area contributed by atoms with Crippen LogP contribution in [0.3, 0.4) is 0 Å². The molecule has 0 aliphatic heterocycles. The lowest BCUT2D eigenvalue weighted by Crippen LogP contribution is -2.13. The van der Waals surface area contributed by atoms with E-state index in [4.69, 9.17) is 9.68 Å². The molecule has 1 amide bonds. The van der Waals surface area contributed by atoms with Crippen molar-refractivity contribution in [1.29, 1.82) is 5.26 Å². The largest absolute Gasteiger partial charge is 0.411 e. The number of benzene rings is 1. The molecule has 2 aromatic heterocycles. The number of hydrogen-bond acceptors (Lipinski definition) is 7. The Morgan fingerprint density at radius 2 is 2.08 bits per heavy atom. The van der Waals surface area contributed by atoms with Crippen LogP contribution in [0.5, 0.6) is 0 Å². The first-order chi connectivity index (χ1) is 11.7. The summed E-state index contributed by atoms with van der Waals surface area (Å²) in [6.45, 7) is 0. The number of nitriles is 1. The third kappa shape index (κ3) is 3.97. The molecule has 24 heavy (non-hydrogen) atoms. The van der Waals surface area contributed by atoms with Crippen molar-refractivity contribution in [3.63, 3.8) is 0 Å². The van der Waals surface area contributed by atoms with Crippen molar-refractivity contribution in [2.75, 3.05) is 11.1 Å². The van der Waals surface area contributed by atoms with Gasteiger partial charge in [-0.2, -0.15) is 5.26 Å². The minimum absolute atomic E-state index is 0.134. The Morgan fingerprint density at radius 1 is 1.25 bits per heavy atom. The van der Waals surface area contributed by atoms with Gasteiger partial charge in [-0.05, 0) is 36.4 Å². The fourth-order valence-corrected chi connectivity index (χ4v) is 2.39. The molecule has 0 fully saturated rings. The van der Waals surface area contributed by atoms with Crippen molar-refractivity contribution in [3.05, 3.63) is 54.4 Å². The van der Waals surface area contributed by atoms with Crippen LogP contribution in [0.15, 0.2) is 58.4 Å².